The second kappa shape index (κ2) is 9.46. The van der Waals surface area contributed by atoms with Gasteiger partial charge in [-0.1, -0.05) is 72.8 Å². The Labute approximate surface area is 245 Å². The zero-order valence-corrected chi connectivity index (χ0v) is 23.1. The van der Waals surface area contributed by atoms with E-state index in [-0.39, 0.29) is 0 Å². The van der Waals surface area contributed by atoms with Crippen LogP contribution in [0.3, 0.4) is 0 Å². The highest BCUT2D eigenvalue weighted by Gasteiger charge is 2.19. The van der Waals surface area contributed by atoms with Crippen LogP contribution in [0.5, 0.6) is 0 Å². The zero-order chi connectivity index (χ0) is 28.2. The summed E-state index contributed by atoms with van der Waals surface area (Å²) in [5.74, 6) is 0. The molecule has 0 unspecified atom stereocenters. The van der Waals surface area contributed by atoms with Crippen molar-refractivity contribution in [3.8, 4) is 45.5 Å². The summed E-state index contributed by atoms with van der Waals surface area (Å²) in [6, 6.07) is 45.6. The molecule has 0 bridgehead atoms. The molecule has 0 aliphatic carbocycles. The average molecular weight is 553 g/mol. The van der Waals surface area contributed by atoms with Crippen LogP contribution >= 0.6 is 11.3 Å². The number of benzene rings is 6. The first-order chi connectivity index (χ1) is 20.7. The van der Waals surface area contributed by atoms with Gasteiger partial charge in [0.25, 0.3) is 0 Å². The summed E-state index contributed by atoms with van der Waals surface area (Å²) >= 11 is 1.76. The third-order valence-electron chi connectivity index (χ3n) is 7.99. The van der Waals surface area contributed by atoms with Gasteiger partial charge in [-0.05, 0) is 65.2 Å². The number of hydrogen-bond donors (Lipinski definition) is 0. The first kappa shape index (κ1) is 24.1. The van der Waals surface area contributed by atoms with E-state index in [0.29, 0.717) is 11.1 Å². The molecule has 2 aromatic heterocycles. The van der Waals surface area contributed by atoms with Crippen LogP contribution < -0.4 is 0 Å². The Morgan fingerprint density at radius 2 is 1.17 bits per heavy atom. The number of para-hydroxylation sites is 1. The van der Waals surface area contributed by atoms with Crippen molar-refractivity contribution in [2.45, 2.75) is 0 Å². The molecular weight excluding hydrogens is 532 g/mol. The van der Waals surface area contributed by atoms with E-state index in [1.54, 1.807) is 17.4 Å². The molecule has 0 amide bonds. The van der Waals surface area contributed by atoms with Gasteiger partial charge < -0.3 is 4.42 Å². The largest absolute Gasteiger partial charge is 0.456 e. The van der Waals surface area contributed by atoms with Crippen LogP contribution in [0.4, 0.5) is 0 Å². The van der Waals surface area contributed by atoms with E-state index in [2.05, 4.69) is 84.9 Å². The second-order valence-electron chi connectivity index (χ2n) is 10.3. The van der Waals surface area contributed by atoms with Crippen LogP contribution in [0.25, 0.3) is 75.5 Å². The Hall–Kier alpha value is -5.68. The van der Waals surface area contributed by atoms with E-state index >= 15 is 0 Å². The van der Waals surface area contributed by atoms with Gasteiger partial charge >= 0.3 is 0 Å². The fraction of sp³-hybridized carbons (Fsp3) is 0. The van der Waals surface area contributed by atoms with Gasteiger partial charge in [0, 0.05) is 47.6 Å². The van der Waals surface area contributed by atoms with Crippen molar-refractivity contribution in [2.24, 2.45) is 0 Å². The number of hydrogen-bond acceptors (Lipinski definition) is 4. The molecule has 0 saturated carbocycles. The molecule has 0 radical (unpaired) electrons. The number of fused-ring (bicyclic) bond motifs is 6. The lowest BCUT2D eigenvalue weighted by Gasteiger charge is -2.15. The van der Waals surface area contributed by atoms with Crippen LogP contribution in [-0.2, 0) is 0 Å². The molecule has 0 spiro atoms. The number of furan rings is 1. The van der Waals surface area contributed by atoms with Gasteiger partial charge in [-0.2, -0.15) is 10.5 Å². The van der Waals surface area contributed by atoms with Gasteiger partial charge in [0.1, 0.15) is 17.2 Å². The third-order valence-corrected chi connectivity index (χ3v) is 9.12. The van der Waals surface area contributed by atoms with E-state index in [4.69, 9.17) is 4.42 Å². The highest BCUT2D eigenvalue weighted by molar-refractivity contribution is 7.25. The van der Waals surface area contributed by atoms with Crippen LogP contribution in [0.1, 0.15) is 11.1 Å². The van der Waals surface area contributed by atoms with E-state index in [1.807, 2.05) is 42.5 Å². The predicted molar refractivity (Wildman–Crippen MR) is 172 cm³/mol. The first-order valence-electron chi connectivity index (χ1n) is 13.6. The molecule has 6 aromatic carbocycles. The van der Waals surface area contributed by atoms with Crippen molar-refractivity contribution in [1.29, 1.82) is 10.5 Å². The summed E-state index contributed by atoms with van der Waals surface area (Å²) in [5, 5.41) is 25.1. The van der Waals surface area contributed by atoms with E-state index in [0.717, 1.165) is 55.3 Å². The minimum absolute atomic E-state index is 0.532. The topological polar surface area (TPSA) is 60.7 Å². The monoisotopic (exact) mass is 552 g/mol. The van der Waals surface area contributed by atoms with Crippen molar-refractivity contribution in [2.75, 3.05) is 0 Å². The third kappa shape index (κ3) is 3.71. The van der Waals surface area contributed by atoms with E-state index in [1.165, 1.54) is 20.2 Å². The summed E-state index contributed by atoms with van der Waals surface area (Å²) in [6.07, 6.45) is 0. The van der Waals surface area contributed by atoms with E-state index < -0.39 is 0 Å². The molecule has 42 heavy (non-hydrogen) atoms. The molecule has 0 fully saturated rings. The van der Waals surface area contributed by atoms with Crippen LogP contribution in [0, 0.1) is 22.7 Å². The standard InChI is InChI=1S/C38H20N2OS/c39-21-25-7-1-2-8-27(25)33-18-26(23-13-15-29-28-9-3-5-11-35(28)41-36(29)19-23)17-32(34(33)22-40)24-14-16-31-30-10-4-6-12-37(30)42-38(31)20-24/h1-20H. The molecule has 4 heteroatoms. The van der Waals surface area contributed by atoms with Crippen molar-refractivity contribution in [3.63, 3.8) is 0 Å². The Morgan fingerprint density at radius 1 is 0.476 bits per heavy atom. The van der Waals surface area contributed by atoms with Crippen LogP contribution in [-0.4, -0.2) is 0 Å². The highest BCUT2D eigenvalue weighted by Crippen LogP contribution is 2.42. The normalized spacial score (nSPS) is 11.3. The highest BCUT2D eigenvalue weighted by atomic mass is 32.1. The van der Waals surface area contributed by atoms with Gasteiger partial charge in [-0.25, -0.2) is 0 Å². The van der Waals surface area contributed by atoms with Crippen molar-refractivity contribution in [1.82, 2.24) is 0 Å². The molecule has 0 atom stereocenters. The number of nitrogens with zero attached hydrogens (tertiary/aromatic N) is 2. The zero-order valence-electron chi connectivity index (χ0n) is 22.3. The lowest BCUT2D eigenvalue weighted by atomic mass is 9.87. The Bertz CT molecular complexity index is 2450. The molecule has 0 aliphatic heterocycles. The average Bonchev–Trinajstić information content (AvgIpc) is 3.61. The lowest BCUT2D eigenvalue weighted by molar-refractivity contribution is 0.669. The summed E-state index contributed by atoms with van der Waals surface area (Å²) in [5.41, 5.74) is 7.95. The summed E-state index contributed by atoms with van der Waals surface area (Å²) < 4.78 is 8.62. The molecule has 0 aliphatic rings. The van der Waals surface area contributed by atoms with Crippen LogP contribution in [0.15, 0.2) is 126 Å². The Morgan fingerprint density at radius 3 is 2.05 bits per heavy atom. The molecule has 8 aromatic rings. The molecule has 8 rings (SSSR count). The van der Waals surface area contributed by atoms with Gasteiger partial charge in [0.15, 0.2) is 0 Å². The first-order valence-corrected chi connectivity index (χ1v) is 14.4. The van der Waals surface area contributed by atoms with Crippen LogP contribution in [0.2, 0.25) is 0 Å². The van der Waals surface area contributed by atoms with Gasteiger partial charge in [-0.15, -0.1) is 11.3 Å². The summed E-state index contributed by atoms with van der Waals surface area (Å²) in [6.45, 7) is 0. The second-order valence-corrected chi connectivity index (χ2v) is 11.4. The fourth-order valence-corrected chi connectivity index (χ4v) is 7.13. The number of rotatable bonds is 3. The number of nitriles is 2. The van der Waals surface area contributed by atoms with Crippen molar-refractivity contribution >= 4 is 53.4 Å². The molecule has 194 valence electrons. The van der Waals surface area contributed by atoms with Gasteiger partial charge in [0.2, 0.25) is 0 Å². The van der Waals surface area contributed by atoms with Crippen molar-refractivity contribution in [3.05, 3.63) is 132 Å². The summed E-state index contributed by atoms with van der Waals surface area (Å²) in [7, 11) is 0. The minimum atomic E-state index is 0.532. The molecular formula is C38H20N2OS. The summed E-state index contributed by atoms with van der Waals surface area (Å²) in [4.78, 5) is 0. The molecule has 2 heterocycles. The van der Waals surface area contributed by atoms with Gasteiger partial charge in [0.05, 0.1) is 17.2 Å². The molecule has 0 N–H and O–H groups in total. The van der Waals surface area contributed by atoms with E-state index in [9.17, 15) is 10.5 Å². The lowest BCUT2D eigenvalue weighted by Crippen LogP contribution is -1.94. The quantitative estimate of drug-likeness (QED) is 0.219. The molecule has 3 nitrogen and oxygen atoms in total. The minimum Gasteiger partial charge on any atom is -0.456 e. The molecule has 0 saturated heterocycles. The van der Waals surface area contributed by atoms with Gasteiger partial charge in [-0.3, -0.25) is 0 Å². The smallest absolute Gasteiger partial charge is 0.136 e. The SMILES string of the molecule is N#Cc1ccccc1-c1cc(-c2ccc3c(c2)oc2ccccc23)cc(-c2ccc3c(c2)sc2ccccc23)c1C#N. The fourth-order valence-electron chi connectivity index (χ4n) is 5.98. The maximum atomic E-state index is 10.6. The maximum absolute atomic E-state index is 10.6. The predicted octanol–water partition coefficient (Wildman–Crippen LogP) is 10.7. The Kier molecular flexibility index (Phi) is 5.44. The maximum Gasteiger partial charge on any atom is 0.136 e. The number of thiophene rings is 1. The van der Waals surface area contributed by atoms with Crippen molar-refractivity contribution < 1.29 is 4.42 Å². The Balaban J connectivity index is 1.40.